The molecular formula is C6H7N2S. The third-order valence-corrected chi connectivity index (χ3v) is 1.51. The van der Waals surface area contributed by atoms with Gasteiger partial charge in [-0.25, -0.2) is 9.97 Å². The van der Waals surface area contributed by atoms with Gasteiger partial charge in [0, 0.05) is 18.1 Å². The van der Waals surface area contributed by atoms with Crippen molar-refractivity contribution in [1.82, 2.24) is 9.97 Å². The lowest BCUT2D eigenvalue weighted by atomic mass is 10.4. The molecule has 0 saturated carbocycles. The van der Waals surface area contributed by atoms with Gasteiger partial charge in [-0.05, 0) is 11.8 Å². The number of hydrogen-bond acceptors (Lipinski definition) is 3. The van der Waals surface area contributed by atoms with Crippen LogP contribution in [0.3, 0.4) is 0 Å². The van der Waals surface area contributed by atoms with Crippen LogP contribution in [0.25, 0.3) is 0 Å². The molecule has 0 aliphatic rings. The van der Waals surface area contributed by atoms with Crippen LogP contribution < -0.4 is 0 Å². The summed E-state index contributed by atoms with van der Waals surface area (Å²) >= 11 is 1.76. The maximum Gasteiger partial charge on any atom is 0.197 e. The van der Waals surface area contributed by atoms with E-state index < -0.39 is 0 Å². The maximum absolute atomic E-state index is 3.75. The molecule has 0 aliphatic carbocycles. The van der Waals surface area contributed by atoms with Gasteiger partial charge in [0.15, 0.2) is 6.33 Å². The summed E-state index contributed by atoms with van der Waals surface area (Å²) in [4.78, 5) is 7.51. The van der Waals surface area contributed by atoms with Crippen molar-refractivity contribution in [2.45, 2.75) is 5.75 Å². The van der Waals surface area contributed by atoms with E-state index in [0.29, 0.717) is 0 Å². The van der Waals surface area contributed by atoms with Crippen molar-refractivity contribution in [1.29, 1.82) is 0 Å². The predicted octanol–water partition coefficient (Wildman–Crippen LogP) is 1.14. The molecule has 0 atom stereocenters. The predicted molar refractivity (Wildman–Crippen MR) is 38.1 cm³/mol. The Morgan fingerprint density at radius 3 is 2.78 bits per heavy atom. The molecule has 9 heavy (non-hydrogen) atoms. The molecule has 0 saturated heterocycles. The van der Waals surface area contributed by atoms with Crippen molar-refractivity contribution in [3.63, 3.8) is 0 Å². The fourth-order valence-corrected chi connectivity index (χ4v) is 1.01. The third kappa shape index (κ3) is 2.01. The van der Waals surface area contributed by atoms with E-state index in [1.807, 2.05) is 0 Å². The van der Waals surface area contributed by atoms with Gasteiger partial charge in [0.2, 0.25) is 0 Å². The molecule has 47 valence electrons. The molecule has 1 aromatic heterocycles. The van der Waals surface area contributed by atoms with Crippen LogP contribution in [0, 0.1) is 6.33 Å². The van der Waals surface area contributed by atoms with Gasteiger partial charge < -0.3 is 0 Å². The molecule has 0 aromatic carbocycles. The zero-order chi connectivity index (χ0) is 6.53. The van der Waals surface area contributed by atoms with Crippen molar-refractivity contribution in [3.8, 4) is 0 Å². The Morgan fingerprint density at radius 1 is 1.56 bits per heavy atom. The topological polar surface area (TPSA) is 25.8 Å². The van der Waals surface area contributed by atoms with Gasteiger partial charge in [-0.1, -0.05) is 0 Å². The maximum atomic E-state index is 3.75. The highest BCUT2D eigenvalue weighted by molar-refractivity contribution is 7.97. The lowest BCUT2D eigenvalue weighted by Crippen LogP contribution is -1.83. The second-order valence-electron chi connectivity index (χ2n) is 1.62. The Balaban J connectivity index is 2.61. The minimum absolute atomic E-state index is 0.981. The van der Waals surface area contributed by atoms with Gasteiger partial charge >= 0.3 is 0 Å². The molecule has 3 heteroatoms. The SMILES string of the molecule is CSCc1cn[c]nc1. The highest BCUT2D eigenvalue weighted by Crippen LogP contribution is 2.03. The van der Waals surface area contributed by atoms with Crippen LogP contribution in [-0.2, 0) is 5.75 Å². The molecule has 1 rings (SSSR count). The van der Waals surface area contributed by atoms with E-state index in [1.165, 1.54) is 0 Å². The standard InChI is InChI=1S/C6H7N2S/c1-9-4-6-2-7-5-8-3-6/h2-3H,4H2,1H3. The summed E-state index contributed by atoms with van der Waals surface area (Å²) in [7, 11) is 0. The van der Waals surface area contributed by atoms with E-state index in [9.17, 15) is 0 Å². The Kier molecular flexibility index (Phi) is 2.51. The summed E-state index contributed by atoms with van der Waals surface area (Å²) in [5.41, 5.74) is 1.15. The normalized spacial score (nSPS) is 9.44. The zero-order valence-electron chi connectivity index (χ0n) is 5.16. The smallest absolute Gasteiger partial charge is 0.197 e. The van der Waals surface area contributed by atoms with Gasteiger partial charge in [0.25, 0.3) is 0 Å². The van der Waals surface area contributed by atoms with Gasteiger partial charge in [-0.3, -0.25) is 0 Å². The highest BCUT2D eigenvalue weighted by atomic mass is 32.2. The summed E-state index contributed by atoms with van der Waals surface area (Å²) in [5.74, 6) is 0.981. The van der Waals surface area contributed by atoms with E-state index >= 15 is 0 Å². The molecule has 1 aromatic rings. The summed E-state index contributed by atoms with van der Waals surface area (Å²) < 4.78 is 0. The molecule has 0 spiro atoms. The van der Waals surface area contributed by atoms with Crippen LogP contribution in [0.4, 0.5) is 0 Å². The lowest BCUT2D eigenvalue weighted by Gasteiger charge is -1.91. The largest absolute Gasteiger partial charge is 0.233 e. The molecule has 0 fully saturated rings. The summed E-state index contributed by atoms with van der Waals surface area (Å²) in [5, 5.41) is 0. The first-order valence-corrected chi connectivity index (χ1v) is 3.99. The Hall–Kier alpha value is -0.570. The van der Waals surface area contributed by atoms with Crippen molar-refractivity contribution < 1.29 is 0 Å². The Bertz CT molecular complexity index is 164. The molecule has 0 bridgehead atoms. The fraction of sp³-hybridized carbons (Fsp3) is 0.333. The van der Waals surface area contributed by atoms with E-state index in [-0.39, 0.29) is 0 Å². The minimum atomic E-state index is 0.981. The second kappa shape index (κ2) is 3.45. The van der Waals surface area contributed by atoms with E-state index in [4.69, 9.17) is 0 Å². The number of thioether (sulfide) groups is 1. The third-order valence-electron chi connectivity index (χ3n) is 0.887. The summed E-state index contributed by atoms with van der Waals surface area (Å²) in [6, 6.07) is 0. The van der Waals surface area contributed by atoms with Crippen LogP contribution in [0.15, 0.2) is 12.4 Å². The monoisotopic (exact) mass is 139 g/mol. The lowest BCUT2D eigenvalue weighted by molar-refractivity contribution is 1.10. The molecule has 1 heterocycles. The van der Waals surface area contributed by atoms with Crippen molar-refractivity contribution in [2.75, 3.05) is 6.26 Å². The van der Waals surface area contributed by atoms with E-state index in [2.05, 4.69) is 22.6 Å². The van der Waals surface area contributed by atoms with Gasteiger partial charge in [0.1, 0.15) is 0 Å². The van der Waals surface area contributed by atoms with Gasteiger partial charge in [-0.15, -0.1) is 0 Å². The molecule has 0 unspecified atom stereocenters. The average molecular weight is 139 g/mol. The van der Waals surface area contributed by atoms with Crippen molar-refractivity contribution in [2.24, 2.45) is 0 Å². The summed E-state index contributed by atoms with van der Waals surface area (Å²) in [6.07, 6.45) is 8.10. The fourth-order valence-electron chi connectivity index (χ4n) is 0.531. The van der Waals surface area contributed by atoms with Crippen molar-refractivity contribution in [3.05, 3.63) is 24.3 Å². The zero-order valence-corrected chi connectivity index (χ0v) is 5.98. The number of aromatic nitrogens is 2. The number of hydrogen-bond donors (Lipinski definition) is 0. The second-order valence-corrected chi connectivity index (χ2v) is 2.49. The molecule has 1 radical (unpaired) electrons. The average Bonchev–Trinajstić information content (AvgIpc) is 1.91. The molecule has 2 nitrogen and oxygen atoms in total. The first-order chi connectivity index (χ1) is 4.43. The van der Waals surface area contributed by atoms with Crippen LogP contribution in [0.1, 0.15) is 5.56 Å². The Labute approximate surface area is 58.7 Å². The van der Waals surface area contributed by atoms with E-state index in [0.717, 1.165) is 11.3 Å². The van der Waals surface area contributed by atoms with Crippen LogP contribution in [-0.4, -0.2) is 16.2 Å². The summed E-state index contributed by atoms with van der Waals surface area (Å²) in [6.45, 7) is 0. The van der Waals surface area contributed by atoms with E-state index in [1.54, 1.807) is 24.2 Å². The molecular weight excluding hydrogens is 132 g/mol. The molecule has 0 amide bonds. The first-order valence-electron chi connectivity index (χ1n) is 2.59. The molecule has 0 aliphatic heterocycles. The highest BCUT2D eigenvalue weighted by Gasteiger charge is 1.87. The van der Waals surface area contributed by atoms with Gasteiger partial charge in [-0.2, -0.15) is 11.8 Å². The quantitative estimate of drug-likeness (QED) is 0.614. The number of nitrogens with zero attached hydrogens (tertiary/aromatic N) is 2. The Morgan fingerprint density at radius 2 is 2.22 bits per heavy atom. The first kappa shape index (κ1) is 6.55. The minimum Gasteiger partial charge on any atom is -0.233 e. The van der Waals surface area contributed by atoms with Crippen molar-refractivity contribution >= 4 is 11.8 Å². The van der Waals surface area contributed by atoms with Crippen LogP contribution in [0.2, 0.25) is 0 Å². The van der Waals surface area contributed by atoms with Crippen LogP contribution in [0.5, 0.6) is 0 Å². The number of rotatable bonds is 2. The molecule has 0 N–H and O–H groups in total. The van der Waals surface area contributed by atoms with Crippen LogP contribution >= 0.6 is 11.8 Å². The van der Waals surface area contributed by atoms with Gasteiger partial charge in [0.05, 0.1) is 0 Å².